The first-order chi connectivity index (χ1) is 16.5. The minimum Gasteiger partial charge on any atom is -0.494 e. The van der Waals surface area contributed by atoms with E-state index in [4.69, 9.17) is 4.74 Å². The molecular weight excluding hydrogens is 448 g/mol. The van der Waals surface area contributed by atoms with Crippen molar-refractivity contribution in [1.29, 1.82) is 0 Å². The van der Waals surface area contributed by atoms with Crippen molar-refractivity contribution < 1.29 is 17.9 Å². The van der Waals surface area contributed by atoms with Crippen molar-refractivity contribution in [2.24, 2.45) is 0 Å². The third kappa shape index (κ3) is 4.10. The molecule has 2 aliphatic heterocycles. The van der Waals surface area contributed by atoms with Gasteiger partial charge in [-0.05, 0) is 73.2 Å². The molecule has 34 heavy (non-hydrogen) atoms. The van der Waals surface area contributed by atoms with Gasteiger partial charge in [0.1, 0.15) is 11.8 Å². The Morgan fingerprint density at radius 3 is 2.35 bits per heavy atom. The Morgan fingerprint density at radius 1 is 0.941 bits per heavy atom. The van der Waals surface area contributed by atoms with E-state index in [0.29, 0.717) is 25.3 Å². The second kappa shape index (κ2) is 9.24. The standard InChI is InChI=1S/C27H28N2O4S/c1-2-33-23-13-15-24(16-14-23)34(31,32)29-19-22-10-4-3-9-21(22)18-26(29)27(30)28-17-7-11-20-8-5-6-12-25(20)28/h3-6,8-10,12-16,26H,2,7,11,17-19H2,1H3. The number of sulfonamides is 1. The molecule has 0 radical (unpaired) electrons. The third-order valence-corrected chi connectivity index (χ3v) is 8.48. The molecule has 2 heterocycles. The van der Waals surface area contributed by atoms with Gasteiger partial charge in [0, 0.05) is 18.8 Å². The molecule has 0 aromatic heterocycles. The zero-order valence-electron chi connectivity index (χ0n) is 19.2. The zero-order chi connectivity index (χ0) is 23.7. The molecule has 7 heteroatoms. The Kier molecular flexibility index (Phi) is 6.15. The van der Waals surface area contributed by atoms with E-state index in [1.807, 2.05) is 55.5 Å². The van der Waals surface area contributed by atoms with Gasteiger partial charge in [-0.1, -0.05) is 42.5 Å². The SMILES string of the molecule is CCOc1ccc(S(=O)(=O)N2Cc3ccccc3CC2C(=O)N2CCCc3ccccc32)cc1. The number of rotatable bonds is 5. The Hall–Kier alpha value is -3.16. The molecule has 0 saturated heterocycles. The first-order valence-corrected chi connectivity index (χ1v) is 13.1. The van der Waals surface area contributed by atoms with E-state index in [1.165, 1.54) is 4.31 Å². The summed E-state index contributed by atoms with van der Waals surface area (Å²) >= 11 is 0. The lowest BCUT2D eigenvalue weighted by Crippen LogP contribution is -2.54. The number of ether oxygens (including phenoxy) is 1. The van der Waals surface area contributed by atoms with Crippen molar-refractivity contribution in [3.05, 3.63) is 89.5 Å². The van der Waals surface area contributed by atoms with Crippen LogP contribution in [0, 0.1) is 0 Å². The summed E-state index contributed by atoms with van der Waals surface area (Å²) in [6.07, 6.45) is 2.13. The van der Waals surface area contributed by atoms with E-state index >= 15 is 0 Å². The molecule has 0 N–H and O–H groups in total. The molecule has 176 valence electrons. The highest BCUT2D eigenvalue weighted by molar-refractivity contribution is 7.89. The minimum absolute atomic E-state index is 0.159. The van der Waals surface area contributed by atoms with Crippen LogP contribution in [-0.4, -0.2) is 37.8 Å². The van der Waals surface area contributed by atoms with Gasteiger partial charge in [0.15, 0.2) is 0 Å². The number of para-hydroxylation sites is 1. The Morgan fingerprint density at radius 2 is 1.62 bits per heavy atom. The zero-order valence-corrected chi connectivity index (χ0v) is 20.0. The maximum absolute atomic E-state index is 14.0. The highest BCUT2D eigenvalue weighted by atomic mass is 32.2. The van der Waals surface area contributed by atoms with Gasteiger partial charge in [0.05, 0.1) is 11.5 Å². The first kappa shape index (κ1) is 22.6. The fourth-order valence-corrected chi connectivity index (χ4v) is 6.47. The van der Waals surface area contributed by atoms with E-state index in [0.717, 1.165) is 35.2 Å². The number of nitrogens with zero attached hydrogens (tertiary/aromatic N) is 2. The van der Waals surface area contributed by atoms with Crippen LogP contribution in [-0.2, 0) is 34.2 Å². The van der Waals surface area contributed by atoms with Crippen LogP contribution in [0.5, 0.6) is 5.75 Å². The van der Waals surface area contributed by atoms with Crippen molar-refractivity contribution >= 4 is 21.6 Å². The fourth-order valence-electron chi connectivity index (χ4n) is 4.91. The summed E-state index contributed by atoms with van der Waals surface area (Å²) in [5.74, 6) is 0.444. The van der Waals surface area contributed by atoms with Gasteiger partial charge in [-0.3, -0.25) is 4.79 Å². The van der Waals surface area contributed by atoms with Crippen LogP contribution in [0.25, 0.3) is 0 Å². The number of carbonyl (C=O) groups is 1. The number of amides is 1. The van der Waals surface area contributed by atoms with Crippen LogP contribution in [0.4, 0.5) is 5.69 Å². The third-order valence-electron chi connectivity index (χ3n) is 6.61. The number of carbonyl (C=O) groups excluding carboxylic acids is 1. The summed E-state index contributed by atoms with van der Waals surface area (Å²) in [4.78, 5) is 15.9. The molecular formula is C27H28N2O4S. The van der Waals surface area contributed by atoms with Crippen molar-refractivity contribution in [2.75, 3.05) is 18.1 Å². The Balaban J connectivity index is 1.54. The summed E-state index contributed by atoms with van der Waals surface area (Å²) in [5.41, 5.74) is 3.96. The van der Waals surface area contributed by atoms with E-state index in [1.54, 1.807) is 29.2 Å². The largest absolute Gasteiger partial charge is 0.494 e. The smallest absolute Gasteiger partial charge is 0.245 e. The summed E-state index contributed by atoms with van der Waals surface area (Å²) in [6, 6.07) is 21.3. The summed E-state index contributed by atoms with van der Waals surface area (Å²) in [7, 11) is -3.92. The molecule has 2 aliphatic rings. The topological polar surface area (TPSA) is 66.9 Å². The molecule has 0 fully saturated rings. The van der Waals surface area contributed by atoms with Gasteiger partial charge in [-0.2, -0.15) is 4.31 Å². The van der Waals surface area contributed by atoms with E-state index in [2.05, 4.69) is 0 Å². The maximum Gasteiger partial charge on any atom is 0.245 e. The lowest BCUT2D eigenvalue weighted by Gasteiger charge is -2.39. The number of benzene rings is 3. The molecule has 5 rings (SSSR count). The average molecular weight is 477 g/mol. The van der Waals surface area contributed by atoms with Gasteiger partial charge in [-0.15, -0.1) is 0 Å². The van der Waals surface area contributed by atoms with Crippen LogP contribution in [0.3, 0.4) is 0 Å². The van der Waals surface area contributed by atoms with Gasteiger partial charge in [-0.25, -0.2) is 8.42 Å². The summed E-state index contributed by atoms with van der Waals surface area (Å²) < 4.78 is 34.5. The molecule has 0 spiro atoms. The molecule has 0 aliphatic carbocycles. The molecule has 6 nitrogen and oxygen atoms in total. The van der Waals surface area contributed by atoms with Gasteiger partial charge >= 0.3 is 0 Å². The monoisotopic (exact) mass is 476 g/mol. The lowest BCUT2D eigenvalue weighted by molar-refractivity contribution is -0.122. The minimum atomic E-state index is -3.92. The van der Waals surface area contributed by atoms with Crippen molar-refractivity contribution in [3.63, 3.8) is 0 Å². The number of hydrogen-bond acceptors (Lipinski definition) is 4. The molecule has 1 unspecified atom stereocenters. The number of aryl methyl sites for hydroxylation is 1. The second-order valence-corrected chi connectivity index (χ2v) is 10.6. The van der Waals surface area contributed by atoms with E-state index in [-0.39, 0.29) is 17.3 Å². The number of hydrogen-bond donors (Lipinski definition) is 0. The van der Waals surface area contributed by atoms with Crippen LogP contribution >= 0.6 is 0 Å². The van der Waals surface area contributed by atoms with Crippen LogP contribution in [0.2, 0.25) is 0 Å². The summed E-state index contributed by atoms with van der Waals surface area (Å²) in [5, 5.41) is 0. The van der Waals surface area contributed by atoms with Crippen LogP contribution in [0.15, 0.2) is 77.7 Å². The Labute approximate surface area is 200 Å². The number of fused-ring (bicyclic) bond motifs is 2. The molecule has 1 atom stereocenters. The highest BCUT2D eigenvalue weighted by Crippen LogP contribution is 2.33. The van der Waals surface area contributed by atoms with Gasteiger partial charge < -0.3 is 9.64 Å². The van der Waals surface area contributed by atoms with E-state index < -0.39 is 16.1 Å². The van der Waals surface area contributed by atoms with Crippen LogP contribution in [0.1, 0.15) is 30.0 Å². The maximum atomic E-state index is 14.0. The van der Waals surface area contributed by atoms with E-state index in [9.17, 15) is 13.2 Å². The molecule has 3 aromatic carbocycles. The van der Waals surface area contributed by atoms with Crippen molar-refractivity contribution in [2.45, 2.75) is 43.7 Å². The number of anilines is 1. The summed E-state index contributed by atoms with van der Waals surface area (Å²) in [6.45, 7) is 3.14. The fraction of sp³-hybridized carbons (Fsp3) is 0.296. The second-order valence-electron chi connectivity index (χ2n) is 8.67. The first-order valence-electron chi connectivity index (χ1n) is 11.7. The molecule has 1 amide bonds. The van der Waals surface area contributed by atoms with Crippen molar-refractivity contribution in [3.8, 4) is 5.75 Å². The predicted octanol–water partition coefficient (Wildman–Crippen LogP) is 4.18. The molecule has 0 bridgehead atoms. The molecule has 3 aromatic rings. The lowest BCUT2D eigenvalue weighted by atomic mass is 9.94. The average Bonchev–Trinajstić information content (AvgIpc) is 2.87. The normalized spacial score (nSPS) is 18.1. The Bertz CT molecular complexity index is 1300. The molecule has 0 saturated carbocycles. The van der Waals surface area contributed by atoms with Crippen LogP contribution < -0.4 is 9.64 Å². The predicted molar refractivity (Wildman–Crippen MR) is 131 cm³/mol. The van der Waals surface area contributed by atoms with Crippen molar-refractivity contribution in [1.82, 2.24) is 4.31 Å². The van der Waals surface area contributed by atoms with Gasteiger partial charge in [0.25, 0.3) is 0 Å². The van der Waals surface area contributed by atoms with Gasteiger partial charge in [0.2, 0.25) is 15.9 Å². The quantitative estimate of drug-likeness (QED) is 0.554. The highest BCUT2D eigenvalue weighted by Gasteiger charge is 2.42.